The van der Waals surface area contributed by atoms with Crippen molar-refractivity contribution in [3.63, 3.8) is 0 Å². The molecule has 2 nitrogen and oxygen atoms in total. The van der Waals surface area contributed by atoms with Gasteiger partial charge in [0.05, 0.1) is 0 Å². The Labute approximate surface area is 84.7 Å². The molecule has 0 aliphatic rings. The Kier molecular flexibility index (Phi) is 4.35. The summed E-state index contributed by atoms with van der Waals surface area (Å²) in [5.41, 5.74) is 2.28. The van der Waals surface area contributed by atoms with Crippen molar-refractivity contribution in [2.45, 2.75) is 13.8 Å². The van der Waals surface area contributed by atoms with Crippen LogP contribution in [0.1, 0.15) is 13.8 Å². The summed E-state index contributed by atoms with van der Waals surface area (Å²) in [5, 5.41) is 0. The predicted molar refractivity (Wildman–Crippen MR) is 58.8 cm³/mol. The van der Waals surface area contributed by atoms with Gasteiger partial charge in [0.2, 0.25) is 0 Å². The van der Waals surface area contributed by atoms with Crippen molar-refractivity contribution in [3.8, 4) is 11.1 Å². The van der Waals surface area contributed by atoms with Crippen LogP contribution in [-0.4, -0.2) is 9.97 Å². The molecule has 0 amide bonds. The van der Waals surface area contributed by atoms with Crippen LogP contribution < -0.4 is 0 Å². The van der Waals surface area contributed by atoms with Crippen LogP contribution in [0, 0.1) is 0 Å². The van der Waals surface area contributed by atoms with Gasteiger partial charge in [-0.1, -0.05) is 19.9 Å². The van der Waals surface area contributed by atoms with E-state index in [-0.39, 0.29) is 0 Å². The SMILES string of the molecule is CC.c1cncc(-c2ccncc2)c1. The zero-order valence-electron chi connectivity index (χ0n) is 8.51. The zero-order chi connectivity index (χ0) is 10.2. The second-order valence-electron chi connectivity index (χ2n) is 2.48. The Hall–Kier alpha value is -1.70. The lowest BCUT2D eigenvalue weighted by Gasteiger charge is -1.97. The van der Waals surface area contributed by atoms with Crippen LogP contribution in [0.15, 0.2) is 49.1 Å². The van der Waals surface area contributed by atoms with Crippen LogP contribution in [0.25, 0.3) is 11.1 Å². The van der Waals surface area contributed by atoms with Gasteiger partial charge in [0, 0.05) is 30.4 Å². The van der Waals surface area contributed by atoms with Gasteiger partial charge in [0.25, 0.3) is 0 Å². The number of rotatable bonds is 1. The highest BCUT2D eigenvalue weighted by Crippen LogP contribution is 2.15. The maximum atomic E-state index is 4.04. The van der Waals surface area contributed by atoms with E-state index in [1.807, 2.05) is 44.3 Å². The van der Waals surface area contributed by atoms with Crippen LogP contribution in [0.3, 0.4) is 0 Å². The third-order valence-electron chi connectivity index (χ3n) is 1.68. The molecule has 2 heteroatoms. The lowest BCUT2D eigenvalue weighted by atomic mass is 10.1. The third kappa shape index (κ3) is 2.66. The molecule has 72 valence electrons. The van der Waals surface area contributed by atoms with E-state index < -0.39 is 0 Å². The van der Waals surface area contributed by atoms with E-state index in [0.29, 0.717) is 0 Å². The minimum atomic E-state index is 1.12. The van der Waals surface area contributed by atoms with Gasteiger partial charge < -0.3 is 0 Å². The van der Waals surface area contributed by atoms with Gasteiger partial charge in [0.1, 0.15) is 0 Å². The molecular formula is C12H14N2. The smallest absolute Gasteiger partial charge is 0.0346 e. The summed E-state index contributed by atoms with van der Waals surface area (Å²) in [6.45, 7) is 4.00. The molecule has 2 rings (SSSR count). The average molecular weight is 186 g/mol. The minimum Gasteiger partial charge on any atom is -0.265 e. The van der Waals surface area contributed by atoms with Crippen molar-refractivity contribution in [2.75, 3.05) is 0 Å². The normalized spacial score (nSPS) is 8.71. The molecule has 0 spiro atoms. The Morgan fingerprint density at radius 1 is 0.786 bits per heavy atom. The van der Waals surface area contributed by atoms with Crippen LogP contribution in [0.4, 0.5) is 0 Å². The highest BCUT2D eigenvalue weighted by atomic mass is 14.6. The van der Waals surface area contributed by atoms with Gasteiger partial charge in [0.15, 0.2) is 0 Å². The molecule has 0 saturated heterocycles. The van der Waals surface area contributed by atoms with Crippen LogP contribution >= 0.6 is 0 Å². The third-order valence-corrected chi connectivity index (χ3v) is 1.68. The average Bonchev–Trinajstić information content (AvgIpc) is 2.34. The Morgan fingerprint density at radius 2 is 1.50 bits per heavy atom. The van der Waals surface area contributed by atoms with E-state index in [1.165, 1.54) is 0 Å². The minimum absolute atomic E-state index is 1.12. The lowest BCUT2D eigenvalue weighted by molar-refractivity contribution is 1.30. The number of hydrogen-bond donors (Lipinski definition) is 0. The first-order valence-corrected chi connectivity index (χ1v) is 4.77. The van der Waals surface area contributed by atoms with Crippen LogP contribution in [-0.2, 0) is 0 Å². The second-order valence-corrected chi connectivity index (χ2v) is 2.48. The Bertz CT molecular complexity index is 306. The maximum absolute atomic E-state index is 4.04. The Morgan fingerprint density at radius 3 is 2.07 bits per heavy atom. The number of aromatic nitrogens is 2. The van der Waals surface area contributed by atoms with Crippen molar-refractivity contribution >= 4 is 0 Å². The second kappa shape index (κ2) is 5.86. The molecule has 0 radical (unpaired) electrons. The summed E-state index contributed by atoms with van der Waals surface area (Å²) in [6.07, 6.45) is 7.17. The highest BCUT2D eigenvalue weighted by Gasteiger charge is 1.93. The largest absolute Gasteiger partial charge is 0.265 e. The van der Waals surface area contributed by atoms with E-state index in [0.717, 1.165) is 11.1 Å². The van der Waals surface area contributed by atoms with E-state index in [1.54, 1.807) is 18.6 Å². The summed E-state index contributed by atoms with van der Waals surface area (Å²) >= 11 is 0. The van der Waals surface area contributed by atoms with Gasteiger partial charge in [-0.05, 0) is 23.8 Å². The van der Waals surface area contributed by atoms with Gasteiger partial charge in [-0.2, -0.15) is 0 Å². The molecule has 2 aromatic heterocycles. The molecule has 0 N–H and O–H groups in total. The number of pyridine rings is 2. The first-order chi connectivity index (χ1) is 6.97. The zero-order valence-corrected chi connectivity index (χ0v) is 8.51. The predicted octanol–water partition coefficient (Wildman–Crippen LogP) is 3.17. The topological polar surface area (TPSA) is 25.8 Å². The summed E-state index contributed by atoms with van der Waals surface area (Å²) in [5.74, 6) is 0. The summed E-state index contributed by atoms with van der Waals surface area (Å²) in [7, 11) is 0. The van der Waals surface area contributed by atoms with Gasteiger partial charge in [-0.15, -0.1) is 0 Å². The van der Waals surface area contributed by atoms with Crippen LogP contribution in [0.2, 0.25) is 0 Å². The molecule has 2 heterocycles. The molecule has 0 bridgehead atoms. The highest BCUT2D eigenvalue weighted by molar-refractivity contribution is 5.61. The molecule has 0 atom stereocenters. The van der Waals surface area contributed by atoms with Crippen molar-refractivity contribution in [3.05, 3.63) is 49.1 Å². The molecule has 2 aromatic rings. The molecule has 14 heavy (non-hydrogen) atoms. The first kappa shape index (κ1) is 10.4. The quantitative estimate of drug-likeness (QED) is 0.683. The molecular weight excluding hydrogens is 172 g/mol. The van der Waals surface area contributed by atoms with Crippen LogP contribution in [0.5, 0.6) is 0 Å². The van der Waals surface area contributed by atoms with Crippen molar-refractivity contribution in [1.82, 2.24) is 9.97 Å². The van der Waals surface area contributed by atoms with E-state index in [9.17, 15) is 0 Å². The molecule has 0 unspecified atom stereocenters. The van der Waals surface area contributed by atoms with Gasteiger partial charge >= 0.3 is 0 Å². The summed E-state index contributed by atoms with van der Waals surface area (Å²) in [6, 6.07) is 7.89. The molecule has 0 saturated carbocycles. The lowest BCUT2D eigenvalue weighted by Crippen LogP contribution is -1.78. The van der Waals surface area contributed by atoms with Crippen molar-refractivity contribution in [2.24, 2.45) is 0 Å². The number of hydrogen-bond acceptors (Lipinski definition) is 2. The first-order valence-electron chi connectivity index (χ1n) is 4.77. The summed E-state index contributed by atoms with van der Waals surface area (Å²) in [4.78, 5) is 7.99. The molecule has 0 fully saturated rings. The molecule has 0 aliphatic carbocycles. The monoisotopic (exact) mass is 186 g/mol. The number of nitrogens with zero attached hydrogens (tertiary/aromatic N) is 2. The molecule has 0 aromatic carbocycles. The Balaban J connectivity index is 0.000000461. The standard InChI is InChI=1S/C10H8N2.C2H6/c1-2-10(8-12-5-1)9-3-6-11-7-4-9;1-2/h1-8H;1-2H3. The van der Waals surface area contributed by atoms with E-state index in [4.69, 9.17) is 0 Å². The van der Waals surface area contributed by atoms with Gasteiger partial charge in [-0.3, -0.25) is 9.97 Å². The van der Waals surface area contributed by atoms with Crippen molar-refractivity contribution < 1.29 is 0 Å². The fraction of sp³-hybridized carbons (Fsp3) is 0.167. The summed E-state index contributed by atoms with van der Waals surface area (Å²) < 4.78 is 0. The fourth-order valence-corrected chi connectivity index (χ4v) is 1.08. The van der Waals surface area contributed by atoms with E-state index in [2.05, 4.69) is 9.97 Å². The van der Waals surface area contributed by atoms with Crippen molar-refractivity contribution in [1.29, 1.82) is 0 Å². The molecule has 0 aliphatic heterocycles. The fourth-order valence-electron chi connectivity index (χ4n) is 1.08. The van der Waals surface area contributed by atoms with Gasteiger partial charge in [-0.25, -0.2) is 0 Å². The van der Waals surface area contributed by atoms with E-state index >= 15 is 0 Å². The maximum Gasteiger partial charge on any atom is 0.0346 e.